The summed E-state index contributed by atoms with van der Waals surface area (Å²) in [6.45, 7) is 0.642. The molecule has 0 aliphatic carbocycles. The molecule has 35 heavy (non-hydrogen) atoms. The molecule has 12 heteroatoms. The quantitative estimate of drug-likeness (QED) is 0.195. The Balaban J connectivity index is 1.86. The highest BCUT2D eigenvalue weighted by Crippen LogP contribution is 2.43. The minimum absolute atomic E-state index is 0.104. The number of phenolic OH excluding ortho intramolecular Hbond substituents is 4. The number of fused-ring (bicyclic) bond motifs is 1. The van der Waals surface area contributed by atoms with Gasteiger partial charge in [-0.1, -0.05) is 6.07 Å². The molecule has 0 amide bonds. The molecule has 1 aliphatic rings. The number of carbonyl (C=O) groups is 1. The number of aliphatic hydroxyl groups is 3. The van der Waals surface area contributed by atoms with E-state index in [9.17, 15) is 45.3 Å². The number of rotatable bonds is 4. The van der Waals surface area contributed by atoms with Crippen LogP contribution in [0.2, 0.25) is 0 Å². The third kappa shape index (κ3) is 4.23. The van der Waals surface area contributed by atoms with E-state index < -0.39 is 76.9 Å². The SMILES string of the molecule is CC(=O)OCC1OC(c2c(O)cc(O)c3c(=O)c(-c4ccc(O)c(O)c4)coc23)C(O)C(O)C1O. The largest absolute Gasteiger partial charge is 0.507 e. The zero-order valence-corrected chi connectivity index (χ0v) is 18.2. The van der Waals surface area contributed by atoms with Crippen LogP contribution in [0, 0.1) is 0 Å². The molecule has 0 saturated carbocycles. The summed E-state index contributed by atoms with van der Waals surface area (Å²) in [6, 6.07) is 4.41. The molecule has 2 aromatic carbocycles. The van der Waals surface area contributed by atoms with E-state index in [0.717, 1.165) is 31.4 Å². The summed E-state index contributed by atoms with van der Waals surface area (Å²) < 4.78 is 16.0. The number of aliphatic hydroxyl groups excluding tert-OH is 3. The molecule has 5 atom stereocenters. The van der Waals surface area contributed by atoms with Gasteiger partial charge in [-0.2, -0.15) is 0 Å². The number of hydrogen-bond acceptors (Lipinski definition) is 12. The van der Waals surface area contributed by atoms with Gasteiger partial charge < -0.3 is 49.6 Å². The zero-order chi connectivity index (χ0) is 25.6. The molecule has 186 valence electrons. The van der Waals surface area contributed by atoms with E-state index in [4.69, 9.17) is 13.9 Å². The molecule has 4 rings (SSSR count). The first kappa shape index (κ1) is 24.3. The van der Waals surface area contributed by atoms with Crippen molar-refractivity contribution < 1.29 is 54.4 Å². The lowest BCUT2D eigenvalue weighted by Gasteiger charge is -2.40. The monoisotopic (exact) mass is 490 g/mol. The van der Waals surface area contributed by atoms with Crippen LogP contribution in [0.1, 0.15) is 18.6 Å². The van der Waals surface area contributed by atoms with E-state index in [-0.39, 0.29) is 22.3 Å². The summed E-state index contributed by atoms with van der Waals surface area (Å²) in [7, 11) is 0. The lowest BCUT2D eigenvalue weighted by molar-refractivity contribution is -0.234. The third-order valence-corrected chi connectivity index (χ3v) is 5.78. The Bertz CT molecular complexity index is 1350. The fourth-order valence-electron chi connectivity index (χ4n) is 3.99. The van der Waals surface area contributed by atoms with Crippen molar-refractivity contribution in [3.8, 4) is 34.1 Å². The highest BCUT2D eigenvalue weighted by atomic mass is 16.6. The fourth-order valence-corrected chi connectivity index (χ4v) is 3.99. The van der Waals surface area contributed by atoms with Crippen LogP contribution < -0.4 is 5.43 Å². The van der Waals surface area contributed by atoms with Crippen molar-refractivity contribution in [2.45, 2.75) is 37.4 Å². The second-order valence-electron chi connectivity index (χ2n) is 8.08. The van der Waals surface area contributed by atoms with Gasteiger partial charge in [-0.3, -0.25) is 9.59 Å². The molecular formula is C23H22O12. The van der Waals surface area contributed by atoms with Crippen molar-refractivity contribution in [3.05, 3.63) is 46.3 Å². The van der Waals surface area contributed by atoms with Gasteiger partial charge in [0.25, 0.3) is 0 Å². The van der Waals surface area contributed by atoms with Crippen LogP contribution in [-0.2, 0) is 14.3 Å². The number of phenols is 4. The van der Waals surface area contributed by atoms with E-state index in [1.165, 1.54) is 6.07 Å². The van der Waals surface area contributed by atoms with Crippen LogP contribution in [0.15, 0.2) is 39.7 Å². The van der Waals surface area contributed by atoms with Gasteiger partial charge in [-0.05, 0) is 17.7 Å². The van der Waals surface area contributed by atoms with Crippen LogP contribution in [0.4, 0.5) is 0 Å². The van der Waals surface area contributed by atoms with Gasteiger partial charge >= 0.3 is 5.97 Å². The Morgan fingerprint density at radius 1 is 0.943 bits per heavy atom. The lowest BCUT2D eigenvalue weighted by Crippen LogP contribution is -2.55. The molecule has 5 unspecified atom stereocenters. The van der Waals surface area contributed by atoms with Crippen LogP contribution >= 0.6 is 0 Å². The third-order valence-electron chi connectivity index (χ3n) is 5.78. The first-order chi connectivity index (χ1) is 16.5. The second kappa shape index (κ2) is 9.07. The number of hydrogen-bond donors (Lipinski definition) is 7. The first-order valence-corrected chi connectivity index (χ1v) is 10.4. The Morgan fingerprint density at radius 3 is 2.31 bits per heavy atom. The van der Waals surface area contributed by atoms with Gasteiger partial charge in [0, 0.05) is 13.0 Å². The molecule has 2 heterocycles. The van der Waals surface area contributed by atoms with Crippen LogP contribution in [-0.4, -0.2) is 72.7 Å². The van der Waals surface area contributed by atoms with E-state index in [1.54, 1.807) is 0 Å². The van der Waals surface area contributed by atoms with Crippen LogP contribution in [0.5, 0.6) is 23.0 Å². The Hall–Kier alpha value is -3.84. The van der Waals surface area contributed by atoms with E-state index in [1.807, 2.05) is 0 Å². The number of ether oxygens (including phenoxy) is 2. The molecule has 1 saturated heterocycles. The van der Waals surface area contributed by atoms with Crippen molar-refractivity contribution in [1.29, 1.82) is 0 Å². The maximum atomic E-state index is 13.2. The summed E-state index contributed by atoms with van der Waals surface area (Å²) in [6.07, 6.45) is -7.14. The topological polar surface area (TPSA) is 207 Å². The van der Waals surface area contributed by atoms with Crippen LogP contribution in [0.3, 0.4) is 0 Å². The van der Waals surface area contributed by atoms with E-state index in [2.05, 4.69) is 0 Å². The van der Waals surface area contributed by atoms with Crippen molar-refractivity contribution in [1.82, 2.24) is 0 Å². The number of esters is 1. The molecule has 3 aromatic rings. The number of benzene rings is 2. The number of aromatic hydroxyl groups is 4. The zero-order valence-electron chi connectivity index (χ0n) is 18.2. The van der Waals surface area contributed by atoms with Crippen molar-refractivity contribution in [2.75, 3.05) is 6.61 Å². The van der Waals surface area contributed by atoms with Crippen molar-refractivity contribution in [3.63, 3.8) is 0 Å². The minimum Gasteiger partial charge on any atom is -0.507 e. The average molecular weight is 490 g/mol. The Kier molecular flexibility index (Phi) is 6.30. The molecule has 7 N–H and O–H groups in total. The molecule has 0 bridgehead atoms. The van der Waals surface area contributed by atoms with Gasteiger partial charge in [0.05, 0.1) is 11.1 Å². The van der Waals surface area contributed by atoms with E-state index in [0.29, 0.717) is 0 Å². The maximum absolute atomic E-state index is 13.2. The summed E-state index contributed by atoms with van der Waals surface area (Å²) in [5, 5.41) is 71.0. The summed E-state index contributed by atoms with van der Waals surface area (Å²) >= 11 is 0. The van der Waals surface area contributed by atoms with Crippen LogP contribution in [0.25, 0.3) is 22.1 Å². The second-order valence-corrected chi connectivity index (χ2v) is 8.08. The predicted octanol–water partition coefficient (Wildman–Crippen LogP) is 0.368. The summed E-state index contributed by atoms with van der Waals surface area (Å²) in [5.41, 5.74) is -1.41. The minimum atomic E-state index is -1.81. The Labute approximate surface area is 196 Å². The van der Waals surface area contributed by atoms with Gasteiger partial charge in [0.1, 0.15) is 60.3 Å². The summed E-state index contributed by atoms with van der Waals surface area (Å²) in [5.74, 6) is -2.91. The normalized spacial score (nSPS) is 24.4. The highest BCUT2D eigenvalue weighted by molar-refractivity contribution is 5.91. The van der Waals surface area contributed by atoms with Gasteiger partial charge in [-0.15, -0.1) is 0 Å². The molecule has 0 spiro atoms. The average Bonchev–Trinajstić information content (AvgIpc) is 2.79. The highest BCUT2D eigenvalue weighted by Gasteiger charge is 2.46. The molecule has 1 fully saturated rings. The molecule has 1 aromatic heterocycles. The fraction of sp³-hybridized carbons (Fsp3) is 0.304. The summed E-state index contributed by atoms with van der Waals surface area (Å²) in [4.78, 5) is 24.4. The molecule has 1 aliphatic heterocycles. The predicted molar refractivity (Wildman–Crippen MR) is 117 cm³/mol. The van der Waals surface area contributed by atoms with Crippen molar-refractivity contribution in [2.24, 2.45) is 0 Å². The molecule has 0 radical (unpaired) electrons. The van der Waals surface area contributed by atoms with E-state index >= 15 is 0 Å². The molecule has 12 nitrogen and oxygen atoms in total. The van der Waals surface area contributed by atoms with Gasteiger partial charge in [0.15, 0.2) is 17.1 Å². The lowest BCUT2D eigenvalue weighted by atomic mass is 9.89. The maximum Gasteiger partial charge on any atom is 0.302 e. The molecular weight excluding hydrogens is 468 g/mol. The van der Waals surface area contributed by atoms with Gasteiger partial charge in [-0.25, -0.2) is 0 Å². The van der Waals surface area contributed by atoms with Crippen molar-refractivity contribution >= 4 is 16.9 Å². The smallest absolute Gasteiger partial charge is 0.302 e. The Morgan fingerprint density at radius 2 is 1.66 bits per heavy atom. The first-order valence-electron chi connectivity index (χ1n) is 10.4. The standard InChI is InChI=1S/C23H22O12/c1-8(24)33-7-15-19(30)20(31)21(32)23(35-15)17-14(28)5-13(27)16-18(29)10(6-34-22(16)17)9-2-3-11(25)12(26)4-9/h2-6,15,19-21,23,25-28,30-32H,7H2,1H3. The van der Waals surface area contributed by atoms with Gasteiger partial charge in [0.2, 0.25) is 5.43 Å². The number of carbonyl (C=O) groups excluding carboxylic acids is 1.